The second kappa shape index (κ2) is 69.5. The Kier molecular flexibility index (Phi) is 187. The Balaban J connectivity index is -0.0000000150. The third-order valence-corrected chi connectivity index (χ3v) is 0. The van der Waals surface area contributed by atoms with Gasteiger partial charge in [0.05, 0.1) is 0 Å². The van der Waals surface area contributed by atoms with E-state index in [4.69, 9.17) is 0 Å². The third-order valence-electron chi connectivity index (χ3n) is 0. The fraction of sp³-hybridized carbons (Fsp3) is 0.667. The molecule has 1 atom stereocenters. The summed E-state index contributed by atoms with van der Waals surface area (Å²) in [6, 6.07) is 0. The monoisotopic (exact) mass is 218 g/mol. The molecule has 0 fully saturated rings. The van der Waals surface area contributed by atoms with Gasteiger partial charge in [-0.3, -0.25) is 0 Å². The van der Waals surface area contributed by atoms with Crippen LogP contribution in [0.1, 0.15) is 40.0 Å². The SMILES string of the molecule is P.[CH2-]CC.[CH2-]CC.[CH2-]CC.[Mn+3]. The Bertz CT molecular complexity index is 14.3. The summed E-state index contributed by atoms with van der Waals surface area (Å²) < 4.78 is 0. The van der Waals surface area contributed by atoms with E-state index in [0.717, 1.165) is 19.3 Å². The first kappa shape index (κ1) is 29.7. The van der Waals surface area contributed by atoms with Gasteiger partial charge in [0.25, 0.3) is 0 Å². The van der Waals surface area contributed by atoms with Gasteiger partial charge in [0.1, 0.15) is 0 Å². The van der Waals surface area contributed by atoms with Crippen LogP contribution in [0, 0.1) is 20.8 Å². The average molecular weight is 218 g/mol. The molecule has 0 N–H and O–H groups in total. The van der Waals surface area contributed by atoms with Crippen molar-refractivity contribution in [1.29, 1.82) is 0 Å². The van der Waals surface area contributed by atoms with Crippen LogP contribution in [0.15, 0.2) is 0 Å². The molecule has 0 aliphatic heterocycles. The van der Waals surface area contributed by atoms with Crippen LogP contribution >= 0.6 is 9.90 Å². The van der Waals surface area contributed by atoms with Crippen LogP contribution in [0.5, 0.6) is 0 Å². The van der Waals surface area contributed by atoms with E-state index in [1.807, 2.05) is 20.8 Å². The van der Waals surface area contributed by atoms with Crippen molar-refractivity contribution in [3.8, 4) is 0 Å². The second-order valence-electron chi connectivity index (χ2n) is 1.50. The number of rotatable bonds is 0. The van der Waals surface area contributed by atoms with Crippen LogP contribution in [0.4, 0.5) is 0 Å². The summed E-state index contributed by atoms with van der Waals surface area (Å²) in [5, 5.41) is 0. The van der Waals surface area contributed by atoms with Gasteiger partial charge in [-0.2, -0.15) is 29.2 Å². The molecule has 1 unspecified atom stereocenters. The van der Waals surface area contributed by atoms with Crippen LogP contribution in [0.3, 0.4) is 0 Å². The van der Waals surface area contributed by atoms with Gasteiger partial charge in [0.2, 0.25) is 0 Å². The largest absolute Gasteiger partial charge is 3.00 e. The van der Waals surface area contributed by atoms with Crippen molar-refractivity contribution >= 4 is 9.90 Å². The van der Waals surface area contributed by atoms with E-state index < -0.39 is 0 Å². The minimum absolute atomic E-state index is 0. The van der Waals surface area contributed by atoms with E-state index in [-0.39, 0.29) is 27.0 Å². The van der Waals surface area contributed by atoms with Crippen molar-refractivity contribution in [2.45, 2.75) is 40.0 Å². The van der Waals surface area contributed by atoms with Gasteiger partial charge >= 0.3 is 17.1 Å². The van der Waals surface area contributed by atoms with Crippen molar-refractivity contribution in [2.24, 2.45) is 0 Å². The maximum atomic E-state index is 3.49. The van der Waals surface area contributed by atoms with Crippen molar-refractivity contribution < 1.29 is 17.1 Å². The van der Waals surface area contributed by atoms with Gasteiger partial charge in [-0.25, -0.2) is 0 Å². The average Bonchev–Trinajstić information content (AvgIpc) is 1.70. The summed E-state index contributed by atoms with van der Waals surface area (Å²) in [6.07, 6.45) is 3.00. The number of hydrogen-bond acceptors (Lipinski definition) is 0. The van der Waals surface area contributed by atoms with Crippen molar-refractivity contribution in [3.05, 3.63) is 20.8 Å². The van der Waals surface area contributed by atoms with Gasteiger partial charge in [-0.1, -0.05) is 20.8 Å². The van der Waals surface area contributed by atoms with Crippen molar-refractivity contribution in [3.63, 3.8) is 0 Å². The molecule has 72 valence electrons. The van der Waals surface area contributed by atoms with Crippen LogP contribution in [-0.2, 0) is 17.1 Å². The summed E-state index contributed by atoms with van der Waals surface area (Å²) in [7, 11) is 0. The molecule has 0 spiro atoms. The van der Waals surface area contributed by atoms with Crippen LogP contribution in [-0.4, -0.2) is 0 Å². The molecule has 0 heterocycles. The molecular formula is C9H24MnP. The molecule has 0 saturated carbocycles. The van der Waals surface area contributed by atoms with Gasteiger partial charge in [-0.15, -0.1) is 0 Å². The topological polar surface area (TPSA) is 0 Å². The first-order valence-corrected chi connectivity index (χ1v) is 3.62. The van der Waals surface area contributed by atoms with Crippen LogP contribution < -0.4 is 0 Å². The smallest absolute Gasteiger partial charge is 0.344 e. The molecule has 0 bridgehead atoms. The molecule has 0 aromatic carbocycles. The minimum atomic E-state index is 0. The van der Waals surface area contributed by atoms with Gasteiger partial charge in [0.15, 0.2) is 0 Å². The normalized spacial score (nSPS) is 4.91. The van der Waals surface area contributed by atoms with E-state index >= 15 is 0 Å². The zero-order valence-corrected chi connectivity index (χ0v) is 10.9. The second-order valence-corrected chi connectivity index (χ2v) is 1.50. The molecular weight excluding hydrogens is 194 g/mol. The predicted molar refractivity (Wildman–Crippen MR) is 58.0 cm³/mol. The van der Waals surface area contributed by atoms with Gasteiger partial charge in [0, 0.05) is 0 Å². The molecule has 0 rings (SSSR count). The van der Waals surface area contributed by atoms with E-state index in [9.17, 15) is 0 Å². The first-order valence-electron chi connectivity index (χ1n) is 3.62. The van der Waals surface area contributed by atoms with Crippen molar-refractivity contribution in [2.75, 3.05) is 0 Å². The van der Waals surface area contributed by atoms with E-state index in [2.05, 4.69) is 20.8 Å². The quantitative estimate of drug-likeness (QED) is 0.330. The number of hydrogen-bond donors (Lipinski definition) is 0. The fourth-order valence-electron chi connectivity index (χ4n) is 0. The molecule has 0 aromatic heterocycles. The zero-order chi connectivity index (χ0) is 8.12. The first-order chi connectivity index (χ1) is 4.24. The Hall–Kier alpha value is 0.949. The summed E-state index contributed by atoms with van der Waals surface area (Å²) in [6.45, 7) is 16.5. The molecule has 0 saturated heterocycles. The summed E-state index contributed by atoms with van der Waals surface area (Å²) >= 11 is 0. The molecule has 0 amide bonds. The fourth-order valence-corrected chi connectivity index (χ4v) is 0. The summed E-state index contributed by atoms with van der Waals surface area (Å²) in [4.78, 5) is 0. The molecule has 0 aromatic rings. The summed E-state index contributed by atoms with van der Waals surface area (Å²) in [5.41, 5.74) is 0. The molecule has 11 heavy (non-hydrogen) atoms. The van der Waals surface area contributed by atoms with Crippen molar-refractivity contribution in [1.82, 2.24) is 0 Å². The Morgan fingerprint density at radius 3 is 0.727 bits per heavy atom. The predicted octanol–water partition coefficient (Wildman–Crippen LogP) is 3.75. The minimum Gasteiger partial charge on any atom is -0.344 e. The molecule has 0 aliphatic carbocycles. The van der Waals surface area contributed by atoms with Crippen LogP contribution in [0.2, 0.25) is 0 Å². The van der Waals surface area contributed by atoms with Gasteiger partial charge < -0.3 is 20.8 Å². The molecule has 0 aliphatic rings. The standard InChI is InChI=1S/3C3H7.Mn.H3P/c3*1-3-2;;/h3*1,3H2,2H3;;1H3/q3*-1;+3;. The van der Waals surface area contributed by atoms with E-state index in [0.29, 0.717) is 0 Å². The zero-order valence-electron chi connectivity index (χ0n) is 8.33. The van der Waals surface area contributed by atoms with E-state index in [1.54, 1.807) is 0 Å². The van der Waals surface area contributed by atoms with Gasteiger partial charge in [-0.05, 0) is 0 Å². The maximum absolute atomic E-state index is 3.49. The summed E-state index contributed by atoms with van der Waals surface area (Å²) in [5.74, 6) is 0. The maximum Gasteiger partial charge on any atom is 3.00 e. The molecule has 2 heteroatoms. The third kappa shape index (κ3) is 973. The molecule has 0 nitrogen and oxygen atoms in total. The van der Waals surface area contributed by atoms with E-state index in [1.165, 1.54) is 0 Å². The Labute approximate surface area is 88.0 Å². The Morgan fingerprint density at radius 2 is 0.727 bits per heavy atom. The van der Waals surface area contributed by atoms with Crippen LogP contribution in [0.25, 0.3) is 0 Å². The molecule has 0 radical (unpaired) electrons. The Morgan fingerprint density at radius 1 is 0.727 bits per heavy atom.